The normalized spacial score (nSPS) is 10.8. The van der Waals surface area contributed by atoms with Crippen molar-refractivity contribution in [3.63, 3.8) is 0 Å². The fourth-order valence-corrected chi connectivity index (χ4v) is 3.08. The summed E-state index contributed by atoms with van der Waals surface area (Å²) in [4.78, 5) is 6.55. The molecule has 0 aliphatic carbocycles. The molecule has 0 spiro atoms. The van der Waals surface area contributed by atoms with Crippen molar-refractivity contribution in [1.82, 2.24) is 9.88 Å². The highest BCUT2D eigenvalue weighted by Crippen LogP contribution is 2.32. The smallest absolute Gasteiger partial charge is 0.165 e. The van der Waals surface area contributed by atoms with Crippen LogP contribution >= 0.6 is 0 Å². The molecule has 1 heterocycles. The lowest BCUT2D eigenvalue weighted by atomic mass is 10.1. The first-order valence-corrected chi connectivity index (χ1v) is 8.76. The highest BCUT2D eigenvalue weighted by Gasteiger charge is 2.16. The first kappa shape index (κ1) is 18.9. The van der Waals surface area contributed by atoms with Gasteiger partial charge in [-0.2, -0.15) is 0 Å². The summed E-state index contributed by atoms with van der Waals surface area (Å²) in [5, 5.41) is 0. The Labute approximate surface area is 159 Å². The van der Waals surface area contributed by atoms with Gasteiger partial charge >= 0.3 is 0 Å². The summed E-state index contributed by atoms with van der Waals surface area (Å²) in [7, 11) is 3.24. The summed E-state index contributed by atoms with van der Waals surface area (Å²) in [5.74, 6) is 1.17. The van der Waals surface area contributed by atoms with Gasteiger partial charge in [-0.15, -0.1) is 0 Å². The van der Waals surface area contributed by atoms with Crippen LogP contribution in [0.1, 0.15) is 16.8 Å². The molecule has 0 amide bonds. The predicted octanol–water partition coefficient (Wildman–Crippen LogP) is 4.44. The molecular formula is C22H23FN2O2. The van der Waals surface area contributed by atoms with Crippen LogP contribution in [0.2, 0.25) is 0 Å². The molecule has 1 aromatic heterocycles. The summed E-state index contributed by atoms with van der Waals surface area (Å²) >= 11 is 0. The minimum Gasteiger partial charge on any atom is -0.493 e. The molecule has 0 aliphatic rings. The van der Waals surface area contributed by atoms with Crippen LogP contribution in [0.4, 0.5) is 4.39 Å². The Kier molecular flexibility index (Phi) is 6.39. The van der Waals surface area contributed by atoms with E-state index in [-0.39, 0.29) is 5.82 Å². The van der Waals surface area contributed by atoms with E-state index >= 15 is 0 Å². The van der Waals surface area contributed by atoms with Gasteiger partial charge in [-0.05, 0) is 24.3 Å². The largest absolute Gasteiger partial charge is 0.493 e. The van der Waals surface area contributed by atoms with Crippen LogP contribution in [0, 0.1) is 5.82 Å². The molecule has 3 rings (SSSR count). The second-order valence-corrected chi connectivity index (χ2v) is 6.21. The van der Waals surface area contributed by atoms with E-state index in [0.717, 1.165) is 11.3 Å². The van der Waals surface area contributed by atoms with Crippen molar-refractivity contribution >= 4 is 0 Å². The first-order valence-electron chi connectivity index (χ1n) is 8.76. The summed E-state index contributed by atoms with van der Waals surface area (Å²) in [6, 6.07) is 18.4. The highest BCUT2D eigenvalue weighted by atomic mass is 19.1. The van der Waals surface area contributed by atoms with Gasteiger partial charge in [0.15, 0.2) is 11.5 Å². The van der Waals surface area contributed by atoms with Gasteiger partial charge in [-0.1, -0.05) is 36.4 Å². The number of hydrogen-bond acceptors (Lipinski definition) is 4. The molecule has 0 bridgehead atoms. The van der Waals surface area contributed by atoms with E-state index in [0.29, 0.717) is 36.7 Å². The minimum absolute atomic E-state index is 0.207. The highest BCUT2D eigenvalue weighted by molar-refractivity contribution is 5.46. The Hall–Kier alpha value is -2.92. The van der Waals surface area contributed by atoms with E-state index in [1.165, 1.54) is 6.07 Å². The molecule has 2 aromatic carbocycles. The molecule has 27 heavy (non-hydrogen) atoms. The molecule has 0 unspecified atom stereocenters. The second kappa shape index (κ2) is 9.14. The van der Waals surface area contributed by atoms with Crippen LogP contribution in [0.5, 0.6) is 11.5 Å². The summed E-state index contributed by atoms with van der Waals surface area (Å²) in [6.45, 7) is 1.63. The van der Waals surface area contributed by atoms with Gasteiger partial charge in [-0.3, -0.25) is 9.88 Å². The predicted molar refractivity (Wildman–Crippen MR) is 103 cm³/mol. The van der Waals surface area contributed by atoms with Crippen molar-refractivity contribution in [2.45, 2.75) is 19.6 Å². The zero-order valence-corrected chi connectivity index (χ0v) is 15.6. The van der Waals surface area contributed by atoms with E-state index in [4.69, 9.17) is 9.47 Å². The Morgan fingerprint density at radius 3 is 2.26 bits per heavy atom. The molecule has 0 aliphatic heterocycles. The maximum Gasteiger partial charge on any atom is 0.165 e. The first-order chi connectivity index (χ1) is 13.2. The molecule has 4 nitrogen and oxygen atoms in total. The number of halogens is 1. The van der Waals surface area contributed by atoms with Crippen molar-refractivity contribution < 1.29 is 13.9 Å². The van der Waals surface area contributed by atoms with Crippen molar-refractivity contribution in [3.8, 4) is 11.5 Å². The molecule has 0 N–H and O–H groups in total. The fourth-order valence-electron chi connectivity index (χ4n) is 3.08. The third kappa shape index (κ3) is 4.83. The zero-order valence-electron chi connectivity index (χ0n) is 15.6. The van der Waals surface area contributed by atoms with Crippen LogP contribution in [-0.4, -0.2) is 24.1 Å². The van der Waals surface area contributed by atoms with Crippen molar-refractivity contribution in [3.05, 3.63) is 89.5 Å². The molecule has 0 atom stereocenters. The quantitative estimate of drug-likeness (QED) is 0.590. The van der Waals surface area contributed by atoms with E-state index in [2.05, 4.69) is 9.88 Å². The van der Waals surface area contributed by atoms with Gasteiger partial charge in [0.05, 0.1) is 19.9 Å². The fraction of sp³-hybridized carbons (Fsp3) is 0.227. The number of rotatable bonds is 8. The number of methoxy groups -OCH3 is 2. The molecule has 0 radical (unpaired) electrons. The van der Waals surface area contributed by atoms with E-state index in [1.807, 2.05) is 48.5 Å². The van der Waals surface area contributed by atoms with Crippen LogP contribution in [0.25, 0.3) is 0 Å². The lowest BCUT2D eigenvalue weighted by Gasteiger charge is -2.24. The maximum absolute atomic E-state index is 14.2. The van der Waals surface area contributed by atoms with Crippen molar-refractivity contribution in [2.75, 3.05) is 14.2 Å². The lowest BCUT2D eigenvalue weighted by molar-refractivity contribution is 0.236. The third-order valence-corrected chi connectivity index (χ3v) is 4.34. The molecule has 0 fully saturated rings. The number of benzene rings is 2. The standard InChI is InChI=1S/C22H23FN2O2/c1-26-21-12-7-9-18(22(21)27-2)15-25(16-19-10-5-6-13-24-19)14-17-8-3-4-11-20(17)23/h3-13H,14-16H2,1-2H3. The van der Waals surface area contributed by atoms with Gasteiger partial charge in [-0.25, -0.2) is 4.39 Å². The zero-order chi connectivity index (χ0) is 19.1. The van der Waals surface area contributed by atoms with Gasteiger partial charge in [0.2, 0.25) is 0 Å². The van der Waals surface area contributed by atoms with Gasteiger partial charge in [0.1, 0.15) is 5.82 Å². The van der Waals surface area contributed by atoms with E-state index < -0.39 is 0 Å². The van der Waals surface area contributed by atoms with Crippen molar-refractivity contribution in [2.24, 2.45) is 0 Å². The summed E-state index contributed by atoms with van der Waals surface area (Å²) < 4.78 is 25.2. The monoisotopic (exact) mass is 366 g/mol. The molecule has 3 aromatic rings. The summed E-state index contributed by atoms with van der Waals surface area (Å²) in [5.41, 5.74) is 2.55. The molecule has 0 saturated carbocycles. The second-order valence-electron chi connectivity index (χ2n) is 6.21. The van der Waals surface area contributed by atoms with Gasteiger partial charge in [0.25, 0.3) is 0 Å². The molecule has 0 saturated heterocycles. The Morgan fingerprint density at radius 1 is 0.815 bits per heavy atom. The van der Waals surface area contributed by atoms with Crippen LogP contribution in [0.15, 0.2) is 66.9 Å². The third-order valence-electron chi connectivity index (χ3n) is 4.34. The average molecular weight is 366 g/mol. The van der Waals surface area contributed by atoms with Crippen LogP contribution < -0.4 is 9.47 Å². The molecule has 5 heteroatoms. The SMILES string of the molecule is COc1cccc(CN(Cc2ccccn2)Cc2ccccc2F)c1OC. The van der Waals surface area contributed by atoms with Crippen molar-refractivity contribution in [1.29, 1.82) is 0 Å². The molecular weight excluding hydrogens is 343 g/mol. The Morgan fingerprint density at radius 2 is 1.56 bits per heavy atom. The maximum atomic E-state index is 14.2. The van der Waals surface area contributed by atoms with Crippen LogP contribution in [0.3, 0.4) is 0 Å². The number of aromatic nitrogens is 1. The number of pyridine rings is 1. The number of para-hydroxylation sites is 1. The van der Waals surface area contributed by atoms with Gasteiger partial charge < -0.3 is 9.47 Å². The van der Waals surface area contributed by atoms with Gasteiger partial charge in [0, 0.05) is 37.0 Å². The lowest BCUT2D eigenvalue weighted by Crippen LogP contribution is -2.24. The molecule has 140 valence electrons. The number of ether oxygens (including phenoxy) is 2. The Balaban J connectivity index is 1.89. The average Bonchev–Trinajstić information content (AvgIpc) is 2.70. The minimum atomic E-state index is -0.207. The topological polar surface area (TPSA) is 34.6 Å². The summed E-state index contributed by atoms with van der Waals surface area (Å²) in [6.07, 6.45) is 1.77. The van der Waals surface area contributed by atoms with E-state index in [9.17, 15) is 4.39 Å². The van der Waals surface area contributed by atoms with E-state index in [1.54, 1.807) is 26.5 Å². The Bertz CT molecular complexity index is 871. The number of nitrogens with zero attached hydrogens (tertiary/aromatic N) is 2. The van der Waals surface area contributed by atoms with Crippen LogP contribution in [-0.2, 0) is 19.6 Å². The number of hydrogen-bond donors (Lipinski definition) is 0.